The highest BCUT2D eigenvalue weighted by Gasteiger charge is 2.43. The Morgan fingerprint density at radius 2 is 1.20 bits per heavy atom. The van der Waals surface area contributed by atoms with Crippen LogP contribution in [-0.2, 0) is 50.5 Å². The van der Waals surface area contributed by atoms with Crippen LogP contribution in [0.1, 0.15) is 72.6 Å². The Labute approximate surface area is 303 Å². The van der Waals surface area contributed by atoms with Gasteiger partial charge in [-0.25, -0.2) is 0 Å². The van der Waals surface area contributed by atoms with E-state index in [0.717, 1.165) is 0 Å². The van der Waals surface area contributed by atoms with Gasteiger partial charge in [-0.2, -0.15) is 0 Å². The minimum atomic E-state index is -2.52. The zero-order chi connectivity index (χ0) is 37.9. The smallest absolute Gasteiger partial charge is 0.396 e. The molecule has 0 bridgehead atoms. The standard InChI is InChI=1S/C31H60O17P3/c1-20(2)49(38)48-24(18-45-50(39)43-13-9-5-7-11-41-25-15-23(16-32)29(36)27(34)21(25)3)19-46-51(40)44-14-10-6-8-12-42-31-22(4)28(35)30(37)26(17-33)47-31/h20-37H,5-19H2,1-4H3/q+3. The van der Waals surface area contributed by atoms with Gasteiger partial charge in [0.1, 0.15) is 38.6 Å². The van der Waals surface area contributed by atoms with Gasteiger partial charge in [0.15, 0.2) is 18.1 Å². The average molecular weight is 798 g/mol. The van der Waals surface area contributed by atoms with E-state index in [1.807, 2.05) is 6.92 Å². The molecule has 17 nitrogen and oxygen atoms in total. The third-order valence-corrected chi connectivity index (χ3v) is 11.8. The third-order valence-electron chi connectivity index (χ3n) is 8.91. The predicted molar refractivity (Wildman–Crippen MR) is 183 cm³/mol. The molecule has 1 saturated heterocycles. The molecule has 0 aromatic rings. The SMILES string of the molecule is CC1C(OCCCCCO[P+](=O)OCC(CO[P+](=O)OCCCCCOC2OC(CO)C(O)C(O)C2C)O[P+](=O)C(C)C)CC(CO)C(O)C1O. The zero-order valence-electron chi connectivity index (χ0n) is 30.1. The topological polar surface area (TPSA) is 246 Å². The Morgan fingerprint density at radius 1 is 0.667 bits per heavy atom. The highest BCUT2D eigenvalue weighted by molar-refractivity contribution is 7.40. The van der Waals surface area contributed by atoms with E-state index < -0.39 is 85.9 Å². The van der Waals surface area contributed by atoms with Crippen LogP contribution in [0.3, 0.4) is 0 Å². The zero-order valence-corrected chi connectivity index (χ0v) is 32.7. The third kappa shape index (κ3) is 17.0. The van der Waals surface area contributed by atoms with Gasteiger partial charge in [0.2, 0.25) is 0 Å². The number of rotatable bonds is 27. The lowest BCUT2D eigenvalue weighted by Crippen LogP contribution is -2.55. The molecule has 0 aromatic heterocycles. The summed E-state index contributed by atoms with van der Waals surface area (Å²) in [4.78, 5) is 0. The van der Waals surface area contributed by atoms with Crippen molar-refractivity contribution in [3.8, 4) is 0 Å². The maximum Gasteiger partial charge on any atom is 0.697 e. The minimum absolute atomic E-state index is 0.133. The van der Waals surface area contributed by atoms with Crippen molar-refractivity contribution in [2.24, 2.45) is 17.8 Å². The maximum absolute atomic E-state index is 12.3. The molecule has 14 unspecified atom stereocenters. The molecule has 14 atom stereocenters. The Bertz CT molecular complexity index is 943. The first-order valence-corrected chi connectivity index (χ1v) is 21.2. The van der Waals surface area contributed by atoms with E-state index in [0.29, 0.717) is 58.2 Å². The molecule has 51 heavy (non-hydrogen) atoms. The van der Waals surface area contributed by atoms with Gasteiger partial charge in [-0.3, -0.25) is 0 Å². The fourth-order valence-corrected chi connectivity index (χ4v) is 7.43. The molecule has 1 aliphatic carbocycles. The molecule has 6 N–H and O–H groups in total. The number of ether oxygens (including phenoxy) is 3. The number of hydrogen-bond donors (Lipinski definition) is 6. The number of hydrogen-bond acceptors (Lipinski definition) is 17. The molecular formula is C31H60O17P3+3. The molecule has 298 valence electrons. The average Bonchev–Trinajstić information content (AvgIpc) is 3.11. The van der Waals surface area contributed by atoms with Gasteiger partial charge in [-0.15, -0.1) is 22.6 Å². The molecule has 0 radical (unpaired) electrons. The van der Waals surface area contributed by atoms with E-state index in [1.54, 1.807) is 20.8 Å². The van der Waals surface area contributed by atoms with Crippen LogP contribution < -0.4 is 0 Å². The van der Waals surface area contributed by atoms with E-state index in [2.05, 4.69) is 0 Å². The summed E-state index contributed by atoms with van der Waals surface area (Å²) in [5.74, 6) is -1.16. The Hall–Kier alpha value is -0.260. The summed E-state index contributed by atoms with van der Waals surface area (Å²) < 4.78 is 80.4. The van der Waals surface area contributed by atoms with Crippen molar-refractivity contribution in [3.05, 3.63) is 0 Å². The van der Waals surface area contributed by atoms with Crippen LogP contribution in [0.4, 0.5) is 0 Å². The minimum Gasteiger partial charge on any atom is -0.396 e. The summed E-state index contributed by atoms with van der Waals surface area (Å²) in [6.07, 6.45) is -2.82. The van der Waals surface area contributed by atoms with Crippen molar-refractivity contribution >= 4 is 24.5 Å². The van der Waals surface area contributed by atoms with Crippen LogP contribution in [-0.4, -0.2) is 138 Å². The Balaban J connectivity index is 1.58. The molecule has 1 heterocycles. The predicted octanol–water partition coefficient (Wildman–Crippen LogP) is 3.09. The van der Waals surface area contributed by atoms with Crippen LogP contribution in [0.15, 0.2) is 0 Å². The maximum atomic E-state index is 12.3. The Kier molecular flexibility index (Phi) is 23.7. The van der Waals surface area contributed by atoms with Crippen molar-refractivity contribution < 1.29 is 81.2 Å². The van der Waals surface area contributed by atoms with Gasteiger partial charge in [0.25, 0.3) is 0 Å². The van der Waals surface area contributed by atoms with Gasteiger partial charge in [-0.1, -0.05) is 13.8 Å². The van der Waals surface area contributed by atoms with Crippen LogP contribution in [0.25, 0.3) is 0 Å². The Morgan fingerprint density at radius 3 is 1.73 bits per heavy atom. The molecular weight excluding hydrogens is 737 g/mol. The van der Waals surface area contributed by atoms with Crippen molar-refractivity contribution in [1.82, 2.24) is 0 Å². The van der Waals surface area contributed by atoms with E-state index in [9.17, 15) is 44.3 Å². The van der Waals surface area contributed by atoms with E-state index >= 15 is 0 Å². The molecule has 2 aliphatic rings. The quantitative estimate of drug-likeness (QED) is 0.0516. The second kappa shape index (κ2) is 25.8. The molecule has 2 fully saturated rings. The summed E-state index contributed by atoms with van der Waals surface area (Å²) in [5.41, 5.74) is -0.305. The summed E-state index contributed by atoms with van der Waals surface area (Å²) in [6.45, 7) is 6.69. The highest BCUT2D eigenvalue weighted by Crippen LogP contribution is 2.35. The van der Waals surface area contributed by atoms with Crippen molar-refractivity contribution in [1.29, 1.82) is 0 Å². The van der Waals surface area contributed by atoms with E-state index in [1.165, 1.54) is 0 Å². The highest BCUT2D eigenvalue weighted by atomic mass is 31.1. The number of aliphatic hydroxyl groups is 6. The van der Waals surface area contributed by atoms with E-state index in [4.69, 9.17) is 36.8 Å². The second-order valence-corrected chi connectivity index (χ2v) is 17.0. The lowest BCUT2D eigenvalue weighted by atomic mass is 9.77. The first kappa shape index (κ1) is 46.9. The molecule has 1 saturated carbocycles. The summed E-state index contributed by atoms with van der Waals surface area (Å²) in [6, 6.07) is 0. The summed E-state index contributed by atoms with van der Waals surface area (Å²) in [5, 5.41) is 59.1. The largest absolute Gasteiger partial charge is 0.697 e. The van der Waals surface area contributed by atoms with Crippen LogP contribution in [0.2, 0.25) is 0 Å². The first-order chi connectivity index (χ1) is 24.3. The van der Waals surface area contributed by atoms with Gasteiger partial charge in [-0.05, 0) is 63.4 Å². The van der Waals surface area contributed by atoms with Crippen LogP contribution in [0, 0.1) is 17.8 Å². The van der Waals surface area contributed by atoms with Gasteiger partial charge in [0, 0.05) is 46.7 Å². The van der Waals surface area contributed by atoms with E-state index in [-0.39, 0.29) is 50.7 Å². The van der Waals surface area contributed by atoms with Crippen molar-refractivity contribution in [2.45, 2.75) is 127 Å². The van der Waals surface area contributed by atoms with Gasteiger partial charge < -0.3 is 44.8 Å². The van der Waals surface area contributed by atoms with Crippen LogP contribution >= 0.6 is 24.5 Å². The lowest BCUT2D eigenvalue weighted by molar-refractivity contribution is -0.282. The fraction of sp³-hybridized carbons (Fsp3) is 1.00. The monoisotopic (exact) mass is 797 g/mol. The summed E-state index contributed by atoms with van der Waals surface area (Å²) >= 11 is 0. The van der Waals surface area contributed by atoms with Crippen molar-refractivity contribution in [2.75, 3.05) is 52.9 Å². The molecule has 2 rings (SSSR count). The molecule has 0 spiro atoms. The molecule has 0 aromatic carbocycles. The van der Waals surface area contributed by atoms with Crippen LogP contribution in [0.5, 0.6) is 0 Å². The molecule has 0 amide bonds. The van der Waals surface area contributed by atoms with Gasteiger partial charge in [0.05, 0.1) is 31.0 Å². The normalized spacial score (nSPS) is 31.5. The van der Waals surface area contributed by atoms with Crippen molar-refractivity contribution in [3.63, 3.8) is 0 Å². The molecule has 1 aliphatic heterocycles. The second-order valence-electron chi connectivity index (χ2n) is 13.3. The number of aliphatic hydroxyl groups excluding tert-OH is 6. The van der Waals surface area contributed by atoms with Gasteiger partial charge >= 0.3 is 24.5 Å². The lowest BCUT2D eigenvalue weighted by Gasteiger charge is -2.40. The number of unbranched alkanes of at least 4 members (excludes halogenated alkanes) is 4. The fourth-order valence-electron chi connectivity index (χ4n) is 5.49. The molecule has 20 heteroatoms. The summed E-state index contributed by atoms with van der Waals surface area (Å²) in [7, 11) is -7.14. The first-order valence-electron chi connectivity index (χ1n) is 17.7.